The van der Waals surface area contributed by atoms with Crippen LogP contribution in [0.1, 0.15) is 63.4 Å². The molecule has 2 aliphatic heterocycles. The number of rotatable bonds is 6. The fourth-order valence-electron chi connectivity index (χ4n) is 5.74. The Hall–Kier alpha value is -2.90. The normalized spacial score (nSPS) is 20.7. The van der Waals surface area contributed by atoms with E-state index in [0.717, 1.165) is 45.2 Å². The predicted octanol–water partition coefficient (Wildman–Crippen LogP) is 4.35. The minimum absolute atomic E-state index is 0. The van der Waals surface area contributed by atoms with Crippen molar-refractivity contribution < 1.29 is 19.1 Å². The number of ether oxygens (including phenoxy) is 1. The lowest BCUT2D eigenvalue weighted by atomic mass is 9.79. The first-order valence-corrected chi connectivity index (χ1v) is 12.2. The molecule has 7 nitrogen and oxygen atoms in total. The molecule has 2 atom stereocenters. The lowest BCUT2D eigenvalue weighted by Crippen LogP contribution is -2.36. The highest BCUT2D eigenvalue weighted by atomic mass is 35.5. The van der Waals surface area contributed by atoms with E-state index in [1.54, 1.807) is 38.4 Å². The highest BCUT2D eigenvalue weighted by molar-refractivity contribution is 6.21. The largest absolute Gasteiger partial charge is 0.414 e. The second-order valence-corrected chi connectivity index (χ2v) is 9.64. The molecule has 0 bridgehead atoms. The maximum atomic E-state index is 12.6. The first-order valence-electron chi connectivity index (χ1n) is 12.2. The molecule has 2 aromatic carbocycles. The summed E-state index contributed by atoms with van der Waals surface area (Å²) < 4.78 is 5.63. The summed E-state index contributed by atoms with van der Waals surface area (Å²) in [5.74, 6) is 0.806. The van der Waals surface area contributed by atoms with E-state index in [9.17, 15) is 14.4 Å². The van der Waals surface area contributed by atoms with Crippen LogP contribution in [0, 0.1) is 0 Å². The van der Waals surface area contributed by atoms with E-state index in [4.69, 9.17) is 4.74 Å². The van der Waals surface area contributed by atoms with Gasteiger partial charge in [0, 0.05) is 32.6 Å². The summed E-state index contributed by atoms with van der Waals surface area (Å²) in [5, 5.41) is 0. The lowest BCUT2D eigenvalue weighted by Gasteiger charge is -2.34. The first kappa shape index (κ1) is 25.2. The van der Waals surface area contributed by atoms with Crippen molar-refractivity contribution in [1.29, 1.82) is 0 Å². The number of hydrogen-bond donors (Lipinski definition) is 0. The van der Waals surface area contributed by atoms with Gasteiger partial charge in [0.1, 0.15) is 5.75 Å². The third kappa shape index (κ3) is 4.67. The summed E-state index contributed by atoms with van der Waals surface area (Å²) in [6.45, 7) is 2.48. The Balaban J connectivity index is 0.00000289. The molecule has 0 aromatic heterocycles. The molecule has 8 heteroatoms. The number of hydrogen-bond acceptors (Lipinski definition) is 5. The van der Waals surface area contributed by atoms with Crippen molar-refractivity contribution in [3.63, 3.8) is 0 Å². The molecule has 2 heterocycles. The Kier molecular flexibility index (Phi) is 7.47. The molecular formula is C27H32ClN3O4. The number of amides is 3. The van der Waals surface area contributed by atoms with Crippen molar-refractivity contribution in [2.45, 2.75) is 44.1 Å². The van der Waals surface area contributed by atoms with E-state index < -0.39 is 0 Å². The molecule has 1 fully saturated rings. The number of likely N-dealkylation sites (tertiary alicyclic amines) is 1. The zero-order valence-electron chi connectivity index (χ0n) is 20.2. The predicted molar refractivity (Wildman–Crippen MR) is 135 cm³/mol. The Bertz CT molecular complexity index is 1100. The fraction of sp³-hybridized carbons (Fsp3) is 0.444. The number of nitrogens with zero attached hydrogens (tertiary/aromatic N) is 3. The minimum atomic E-state index is -0.346. The van der Waals surface area contributed by atoms with Gasteiger partial charge >= 0.3 is 6.09 Å². The van der Waals surface area contributed by atoms with Crippen molar-refractivity contribution in [2.75, 3.05) is 33.7 Å². The van der Waals surface area contributed by atoms with Crippen LogP contribution in [-0.4, -0.2) is 72.4 Å². The Morgan fingerprint density at radius 1 is 0.971 bits per heavy atom. The van der Waals surface area contributed by atoms with Gasteiger partial charge in [0.05, 0.1) is 11.1 Å². The molecule has 186 valence electrons. The van der Waals surface area contributed by atoms with E-state index in [0.29, 0.717) is 35.4 Å². The fourth-order valence-corrected chi connectivity index (χ4v) is 5.74. The zero-order valence-corrected chi connectivity index (χ0v) is 21.1. The monoisotopic (exact) mass is 497 g/mol. The van der Waals surface area contributed by atoms with E-state index in [2.05, 4.69) is 11.0 Å². The average molecular weight is 498 g/mol. The Labute approximate surface area is 212 Å². The van der Waals surface area contributed by atoms with Crippen LogP contribution >= 0.6 is 12.4 Å². The molecule has 35 heavy (non-hydrogen) atoms. The summed E-state index contributed by atoms with van der Waals surface area (Å²) >= 11 is 0. The molecule has 0 saturated carbocycles. The third-order valence-corrected chi connectivity index (χ3v) is 7.44. The molecule has 2 unspecified atom stereocenters. The van der Waals surface area contributed by atoms with E-state index in [-0.39, 0.29) is 30.3 Å². The first-order chi connectivity index (χ1) is 16.5. The highest BCUT2D eigenvalue weighted by Crippen LogP contribution is 2.44. The van der Waals surface area contributed by atoms with Crippen molar-refractivity contribution in [3.8, 4) is 5.75 Å². The summed E-state index contributed by atoms with van der Waals surface area (Å²) in [5.41, 5.74) is 3.53. The topological polar surface area (TPSA) is 70.2 Å². The van der Waals surface area contributed by atoms with Gasteiger partial charge < -0.3 is 9.64 Å². The SMILES string of the molecule is CN(C)C(=O)Oc1cccc2c1CCC1C2CCN1CCCCN1C(=O)c2ccccc2C1=O.Cl. The maximum Gasteiger partial charge on any atom is 0.414 e. The van der Waals surface area contributed by atoms with Gasteiger partial charge in [-0.3, -0.25) is 19.4 Å². The van der Waals surface area contributed by atoms with Gasteiger partial charge in [-0.25, -0.2) is 4.79 Å². The molecule has 0 spiro atoms. The van der Waals surface area contributed by atoms with Crippen LogP contribution in [-0.2, 0) is 6.42 Å². The molecule has 1 aliphatic carbocycles. The van der Waals surface area contributed by atoms with Crippen molar-refractivity contribution in [2.24, 2.45) is 0 Å². The molecule has 1 saturated heterocycles. The minimum Gasteiger partial charge on any atom is -0.410 e. The quantitative estimate of drug-likeness (QED) is 0.438. The van der Waals surface area contributed by atoms with Crippen LogP contribution in [0.25, 0.3) is 0 Å². The standard InChI is InChI=1S/C27H31N3O4.ClH/c1-28(2)27(33)34-24-11-7-10-18-19-14-17-29(23(19)13-12-20(18)24)15-5-6-16-30-25(31)21-8-3-4-9-22(21)26(30)32;/h3-4,7-11,19,23H,5-6,12-17H2,1-2H3;1H. The van der Waals surface area contributed by atoms with Crippen LogP contribution in [0.4, 0.5) is 4.79 Å². The van der Waals surface area contributed by atoms with Gasteiger partial charge in [-0.05, 0) is 74.5 Å². The van der Waals surface area contributed by atoms with E-state index in [1.165, 1.54) is 20.9 Å². The smallest absolute Gasteiger partial charge is 0.410 e. The molecule has 5 rings (SSSR count). The number of carbonyl (C=O) groups excluding carboxylic acids is 3. The van der Waals surface area contributed by atoms with Crippen LogP contribution in [0.15, 0.2) is 42.5 Å². The molecule has 3 amide bonds. The third-order valence-electron chi connectivity index (χ3n) is 7.44. The second-order valence-electron chi connectivity index (χ2n) is 9.64. The molecule has 3 aliphatic rings. The van der Waals surface area contributed by atoms with Crippen LogP contribution < -0.4 is 4.74 Å². The molecular weight excluding hydrogens is 466 g/mol. The van der Waals surface area contributed by atoms with Crippen LogP contribution in [0.2, 0.25) is 0 Å². The van der Waals surface area contributed by atoms with Crippen molar-refractivity contribution in [3.05, 3.63) is 64.7 Å². The number of imide groups is 1. The maximum absolute atomic E-state index is 12.6. The molecule has 0 radical (unpaired) electrons. The Morgan fingerprint density at radius 2 is 1.66 bits per heavy atom. The van der Waals surface area contributed by atoms with Gasteiger partial charge in [-0.2, -0.15) is 0 Å². The average Bonchev–Trinajstić information content (AvgIpc) is 3.36. The van der Waals surface area contributed by atoms with Crippen LogP contribution in [0.3, 0.4) is 0 Å². The lowest BCUT2D eigenvalue weighted by molar-refractivity contribution is 0.0649. The summed E-state index contributed by atoms with van der Waals surface area (Å²) in [4.78, 5) is 42.6. The number of unbranched alkanes of at least 4 members (excludes halogenated alkanes) is 1. The zero-order chi connectivity index (χ0) is 23.8. The number of halogens is 1. The van der Waals surface area contributed by atoms with Gasteiger partial charge in [0.15, 0.2) is 0 Å². The second kappa shape index (κ2) is 10.4. The van der Waals surface area contributed by atoms with Gasteiger partial charge in [-0.15, -0.1) is 12.4 Å². The van der Waals surface area contributed by atoms with Gasteiger partial charge in [0.2, 0.25) is 0 Å². The number of carbonyl (C=O) groups is 3. The highest BCUT2D eigenvalue weighted by Gasteiger charge is 2.39. The molecule has 2 aromatic rings. The number of fused-ring (bicyclic) bond motifs is 4. The Morgan fingerprint density at radius 3 is 2.34 bits per heavy atom. The van der Waals surface area contributed by atoms with Crippen molar-refractivity contribution >= 4 is 30.3 Å². The van der Waals surface area contributed by atoms with Crippen LogP contribution in [0.5, 0.6) is 5.75 Å². The number of benzene rings is 2. The van der Waals surface area contributed by atoms with E-state index in [1.807, 2.05) is 12.1 Å². The van der Waals surface area contributed by atoms with E-state index >= 15 is 0 Å². The summed E-state index contributed by atoms with van der Waals surface area (Å²) in [7, 11) is 3.38. The summed E-state index contributed by atoms with van der Waals surface area (Å²) in [6, 6.07) is 13.6. The van der Waals surface area contributed by atoms with Gasteiger partial charge in [0.25, 0.3) is 11.8 Å². The van der Waals surface area contributed by atoms with Crippen molar-refractivity contribution in [1.82, 2.24) is 14.7 Å². The summed E-state index contributed by atoms with van der Waals surface area (Å²) in [6.07, 6.45) is 4.46. The molecule has 0 N–H and O–H groups in total. The van der Waals surface area contributed by atoms with Gasteiger partial charge in [-0.1, -0.05) is 24.3 Å².